The van der Waals surface area contributed by atoms with Crippen molar-refractivity contribution in [1.29, 1.82) is 5.26 Å². The average molecular weight is 304 g/mol. The van der Waals surface area contributed by atoms with E-state index in [1.165, 1.54) is 41.4 Å². The zero-order valence-electron chi connectivity index (χ0n) is 11.0. The molecule has 1 aromatic carbocycles. The fourth-order valence-corrected chi connectivity index (χ4v) is 2.03. The third-order valence-corrected chi connectivity index (χ3v) is 3.02. The van der Waals surface area contributed by atoms with Crippen LogP contribution in [0.3, 0.4) is 0 Å². The Morgan fingerprint density at radius 3 is 2.81 bits per heavy atom. The molecule has 0 radical (unpaired) electrons. The van der Waals surface area contributed by atoms with Crippen molar-refractivity contribution < 1.29 is 9.18 Å². The van der Waals surface area contributed by atoms with E-state index in [-0.39, 0.29) is 29.4 Å². The molecule has 0 unspecified atom stereocenters. The summed E-state index contributed by atoms with van der Waals surface area (Å²) in [4.78, 5) is 17.5. The number of anilines is 1. The summed E-state index contributed by atoms with van der Waals surface area (Å²) < 4.78 is 13.9. The lowest BCUT2D eigenvalue weighted by molar-refractivity contribution is 0.0986. The number of nitrogens with zero attached hydrogens (tertiary/aromatic N) is 3. The van der Waals surface area contributed by atoms with E-state index in [0.29, 0.717) is 0 Å². The van der Waals surface area contributed by atoms with Crippen LogP contribution >= 0.6 is 11.6 Å². The van der Waals surface area contributed by atoms with Crippen molar-refractivity contribution in [2.75, 3.05) is 11.4 Å². The Bertz CT molecular complexity index is 699. The summed E-state index contributed by atoms with van der Waals surface area (Å²) in [5.41, 5.74) is 0.418. The van der Waals surface area contributed by atoms with E-state index in [0.717, 1.165) is 0 Å². The first-order valence-electron chi connectivity index (χ1n) is 6.18. The van der Waals surface area contributed by atoms with Gasteiger partial charge in [0.1, 0.15) is 11.0 Å². The van der Waals surface area contributed by atoms with Crippen molar-refractivity contribution >= 4 is 23.2 Å². The number of aromatic nitrogens is 1. The first-order chi connectivity index (χ1) is 10.1. The van der Waals surface area contributed by atoms with Crippen molar-refractivity contribution in [3.05, 3.63) is 59.1 Å². The molecule has 1 aromatic heterocycles. The number of para-hydroxylation sites is 1. The first kappa shape index (κ1) is 14.9. The van der Waals surface area contributed by atoms with Crippen LogP contribution in [0.1, 0.15) is 16.8 Å². The number of hydrogen-bond donors (Lipinski definition) is 0. The molecule has 0 aliphatic heterocycles. The van der Waals surface area contributed by atoms with Crippen LogP contribution in [0.2, 0.25) is 5.15 Å². The molecule has 2 aromatic rings. The summed E-state index contributed by atoms with van der Waals surface area (Å²) >= 11 is 5.77. The maximum absolute atomic E-state index is 13.9. The fourth-order valence-electron chi connectivity index (χ4n) is 1.86. The monoisotopic (exact) mass is 303 g/mol. The zero-order valence-corrected chi connectivity index (χ0v) is 11.7. The normalized spacial score (nSPS) is 9.95. The fraction of sp³-hybridized carbons (Fsp3) is 0.133. The summed E-state index contributed by atoms with van der Waals surface area (Å²) in [6, 6.07) is 10.8. The van der Waals surface area contributed by atoms with Crippen LogP contribution in [-0.2, 0) is 0 Å². The molecule has 6 heteroatoms. The Labute approximate surface area is 126 Å². The summed E-state index contributed by atoms with van der Waals surface area (Å²) in [7, 11) is 0. The number of halogens is 2. The lowest BCUT2D eigenvalue weighted by Gasteiger charge is -2.22. The topological polar surface area (TPSA) is 57.0 Å². The van der Waals surface area contributed by atoms with Gasteiger partial charge in [-0.15, -0.1) is 0 Å². The molecule has 21 heavy (non-hydrogen) atoms. The molecule has 0 spiro atoms. The number of pyridine rings is 1. The van der Waals surface area contributed by atoms with Crippen molar-refractivity contribution in [2.24, 2.45) is 0 Å². The lowest BCUT2D eigenvalue weighted by atomic mass is 10.2. The highest BCUT2D eigenvalue weighted by molar-refractivity contribution is 6.29. The summed E-state index contributed by atoms with van der Waals surface area (Å²) in [5, 5.41) is 8.89. The minimum Gasteiger partial charge on any atom is -0.304 e. The molecule has 4 nitrogen and oxygen atoms in total. The van der Waals surface area contributed by atoms with Crippen LogP contribution in [0.25, 0.3) is 0 Å². The van der Waals surface area contributed by atoms with Gasteiger partial charge in [-0.3, -0.25) is 4.79 Å². The summed E-state index contributed by atoms with van der Waals surface area (Å²) in [6.07, 6.45) is 1.50. The van der Waals surface area contributed by atoms with E-state index in [9.17, 15) is 9.18 Å². The maximum Gasteiger partial charge on any atom is 0.258 e. The summed E-state index contributed by atoms with van der Waals surface area (Å²) in [6.45, 7) is 0.0935. The van der Waals surface area contributed by atoms with Gasteiger partial charge in [0, 0.05) is 18.3 Å². The molecule has 0 fully saturated rings. The molecule has 1 amide bonds. The predicted molar refractivity (Wildman–Crippen MR) is 77.6 cm³/mol. The number of hydrogen-bond acceptors (Lipinski definition) is 3. The Morgan fingerprint density at radius 2 is 2.14 bits per heavy atom. The molecule has 2 rings (SSSR count). The van der Waals surface area contributed by atoms with Crippen molar-refractivity contribution in [2.45, 2.75) is 6.42 Å². The van der Waals surface area contributed by atoms with Crippen molar-refractivity contribution in [3.8, 4) is 6.07 Å². The van der Waals surface area contributed by atoms with Crippen LogP contribution in [0.4, 0.5) is 10.1 Å². The van der Waals surface area contributed by atoms with Crippen LogP contribution in [-0.4, -0.2) is 17.4 Å². The van der Waals surface area contributed by atoms with E-state index in [4.69, 9.17) is 16.9 Å². The number of benzene rings is 1. The average Bonchev–Trinajstić information content (AvgIpc) is 2.49. The predicted octanol–water partition coefficient (Wildman–Crippen LogP) is 3.43. The molecule has 106 valence electrons. The summed E-state index contributed by atoms with van der Waals surface area (Å²) in [5.74, 6) is -0.955. The Hall–Kier alpha value is -2.45. The Balaban J connectivity index is 2.39. The second kappa shape index (κ2) is 6.82. The number of carbonyl (C=O) groups is 1. The van der Waals surface area contributed by atoms with Gasteiger partial charge in [0.15, 0.2) is 0 Å². The van der Waals surface area contributed by atoms with Gasteiger partial charge in [-0.05, 0) is 24.3 Å². The van der Waals surface area contributed by atoms with Gasteiger partial charge in [0.05, 0.1) is 18.2 Å². The number of carbonyl (C=O) groups excluding carboxylic acids is 1. The van der Waals surface area contributed by atoms with Crippen molar-refractivity contribution in [1.82, 2.24) is 4.98 Å². The van der Waals surface area contributed by atoms with Gasteiger partial charge in [-0.25, -0.2) is 9.37 Å². The van der Waals surface area contributed by atoms with Gasteiger partial charge in [0.2, 0.25) is 0 Å². The van der Waals surface area contributed by atoms with Gasteiger partial charge < -0.3 is 4.90 Å². The van der Waals surface area contributed by atoms with Gasteiger partial charge >= 0.3 is 0 Å². The highest BCUT2D eigenvalue weighted by Gasteiger charge is 2.20. The van der Waals surface area contributed by atoms with Gasteiger partial charge in [-0.1, -0.05) is 23.7 Å². The van der Waals surface area contributed by atoms with Crippen molar-refractivity contribution in [3.63, 3.8) is 0 Å². The molecular weight excluding hydrogens is 293 g/mol. The quantitative estimate of drug-likeness (QED) is 0.813. The lowest BCUT2D eigenvalue weighted by Crippen LogP contribution is -2.32. The first-order valence-corrected chi connectivity index (χ1v) is 6.56. The second-order valence-electron chi connectivity index (χ2n) is 4.18. The van der Waals surface area contributed by atoms with E-state index >= 15 is 0 Å². The highest BCUT2D eigenvalue weighted by atomic mass is 35.5. The van der Waals surface area contributed by atoms with Gasteiger partial charge in [0.25, 0.3) is 5.91 Å². The molecule has 0 saturated heterocycles. The number of rotatable bonds is 4. The van der Waals surface area contributed by atoms with E-state index < -0.39 is 11.7 Å². The maximum atomic E-state index is 13.9. The highest BCUT2D eigenvalue weighted by Crippen LogP contribution is 2.22. The molecule has 0 aliphatic carbocycles. The molecule has 0 bridgehead atoms. The third kappa shape index (κ3) is 3.56. The molecule has 0 aliphatic rings. The minimum atomic E-state index is -0.524. The molecule has 0 N–H and O–H groups in total. The number of nitriles is 1. The van der Waals surface area contributed by atoms with E-state index in [1.54, 1.807) is 6.07 Å². The largest absolute Gasteiger partial charge is 0.304 e. The van der Waals surface area contributed by atoms with E-state index in [1.807, 2.05) is 6.07 Å². The van der Waals surface area contributed by atoms with Crippen LogP contribution in [0.5, 0.6) is 0 Å². The standard InChI is InChI=1S/C15H11ClFN3O/c16-14-10-11(6-8-19-14)15(21)20(9-3-7-18)13-5-2-1-4-12(13)17/h1-2,4-6,8,10H,3,9H2. The van der Waals surface area contributed by atoms with Crippen LogP contribution in [0.15, 0.2) is 42.6 Å². The third-order valence-electron chi connectivity index (χ3n) is 2.81. The second-order valence-corrected chi connectivity index (χ2v) is 4.57. The molecule has 1 heterocycles. The molecule has 0 saturated carbocycles. The minimum absolute atomic E-state index is 0.0935. The zero-order chi connectivity index (χ0) is 15.2. The van der Waals surface area contributed by atoms with E-state index in [2.05, 4.69) is 4.98 Å². The molecular formula is C15H11ClFN3O. The van der Waals surface area contributed by atoms with Gasteiger partial charge in [-0.2, -0.15) is 5.26 Å². The Morgan fingerprint density at radius 1 is 1.38 bits per heavy atom. The SMILES string of the molecule is N#CCCN(C(=O)c1ccnc(Cl)c1)c1ccccc1F. The number of amides is 1. The Kier molecular flexibility index (Phi) is 4.85. The van der Waals surface area contributed by atoms with Crippen LogP contribution < -0.4 is 4.90 Å². The van der Waals surface area contributed by atoms with Crippen LogP contribution in [0, 0.1) is 17.1 Å². The smallest absolute Gasteiger partial charge is 0.258 e. The molecule has 0 atom stereocenters.